The molecule has 0 aliphatic carbocycles. The summed E-state index contributed by atoms with van der Waals surface area (Å²) >= 11 is 0. The van der Waals surface area contributed by atoms with Gasteiger partial charge in [-0.1, -0.05) is 24.3 Å². The fourth-order valence-electron chi connectivity index (χ4n) is 2.73. The number of hydrogen-bond acceptors (Lipinski definition) is 6. The second-order valence-corrected chi connectivity index (χ2v) is 6.51. The van der Waals surface area contributed by atoms with Gasteiger partial charge in [-0.05, 0) is 48.5 Å². The molecule has 0 spiro atoms. The smallest absolute Gasteiger partial charge is 0.337 e. The van der Waals surface area contributed by atoms with Crippen molar-refractivity contribution in [2.75, 3.05) is 37.5 Å². The quantitative estimate of drug-likeness (QED) is 0.381. The van der Waals surface area contributed by atoms with Crippen LogP contribution in [0.25, 0.3) is 0 Å². The molecule has 1 amide bonds. The molecule has 0 saturated carbocycles. The monoisotopic (exact) mass is 420 g/mol. The zero-order valence-corrected chi connectivity index (χ0v) is 17.2. The fraction of sp³-hybridized carbons (Fsp3) is 0.167. The molecular formula is C24H24N2O5. The molecule has 31 heavy (non-hydrogen) atoms. The summed E-state index contributed by atoms with van der Waals surface area (Å²) in [7, 11) is 1.33. The molecule has 0 bridgehead atoms. The Labute approximate surface area is 180 Å². The minimum absolute atomic E-state index is 0.0770. The van der Waals surface area contributed by atoms with Gasteiger partial charge < -0.3 is 24.8 Å². The molecule has 0 aromatic heterocycles. The first-order valence-electron chi connectivity index (χ1n) is 9.77. The van der Waals surface area contributed by atoms with Crippen LogP contribution >= 0.6 is 0 Å². The molecule has 160 valence electrons. The number of rotatable bonds is 10. The maximum Gasteiger partial charge on any atom is 0.337 e. The lowest BCUT2D eigenvalue weighted by Gasteiger charge is -2.11. The zero-order valence-electron chi connectivity index (χ0n) is 17.2. The van der Waals surface area contributed by atoms with Gasteiger partial charge in [-0.15, -0.1) is 0 Å². The third kappa shape index (κ3) is 7.08. The summed E-state index contributed by atoms with van der Waals surface area (Å²) in [6, 6.07) is 23.4. The van der Waals surface area contributed by atoms with Crippen molar-refractivity contribution in [3.05, 3.63) is 84.4 Å². The minimum atomic E-state index is -0.405. The Bertz CT molecular complexity index is 990. The number of anilines is 2. The Morgan fingerprint density at radius 2 is 1.45 bits per heavy atom. The van der Waals surface area contributed by atoms with Gasteiger partial charge in [0.05, 0.1) is 19.2 Å². The summed E-state index contributed by atoms with van der Waals surface area (Å²) in [6.07, 6.45) is 0. The van der Waals surface area contributed by atoms with Gasteiger partial charge in [0, 0.05) is 17.4 Å². The third-order valence-corrected chi connectivity index (χ3v) is 4.24. The van der Waals surface area contributed by atoms with Crippen molar-refractivity contribution in [2.45, 2.75) is 0 Å². The summed E-state index contributed by atoms with van der Waals surface area (Å²) in [5, 5.41) is 5.83. The number of hydrogen-bond donors (Lipinski definition) is 2. The van der Waals surface area contributed by atoms with Gasteiger partial charge >= 0.3 is 5.97 Å². The Balaban J connectivity index is 1.42. The van der Waals surface area contributed by atoms with Crippen LogP contribution < -0.4 is 20.1 Å². The number of amides is 1. The Kier molecular flexibility index (Phi) is 7.88. The summed E-state index contributed by atoms with van der Waals surface area (Å²) in [4.78, 5) is 23.7. The Hall–Kier alpha value is -4.00. The molecular weight excluding hydrogens is 396 g/mol. The van der Waals surface area contributed by atoms with Crippen LogP contribution in [0.3, 0.4) is 0 Å². The average Bonchev–Trinajstić information content (AvgIpc) is 2.81. The lowest BCUT2D eigenvalue weighted by Crippen LogP contribution is -2.21. The molecule has 0 fully saturated rings. The standard InChI is InChI=1S/C24H24N2O5/c1-29-24(28)18-10-12-19(13-11-18)25-17-23(27)26-20-6-5-9-22(16-20)31-15-14-30-21-7-3-2-4-8-21/h2-13,16,25H,14-15,17H2,1H3,(H,26,27). The van der Waals surface area contributed by atoms with Crippen molar-refractivity contribution >= 4 is 23.3 Å². The highest BCUT2D eigenvalue weighted by atomic mass is 16.5. The van der Waals surface area contributed by atoms with Crippen LogP contribution in [0, 0.1) is 0 Å². The predicted molar refractivity (Wildman–Crippen MR) is 119 cm³/mol. The van der Waals surface area contributed by atoms with Gasteiger partial charge in [-0.2, -0.15) is 0 Å². The lowest BCUT2D eigenvalue weighted by molar-refractivity contribution is -0.114. The van der Waals surface area contributed by atoms with Crippen LogP contribution in [-0.4, -0.2) is 38.7 Å². The normalized spacial score (nSPS) is 10.1. The van der Waals surface area contributed by atoms with Crippen molar-refractivity contribution in [2.24, 2.45) is 0 Å². The second kappa shape index (κ2) is 11.3. The molecule has 0 heterocycles. The van der Waals surface area contributed by atoms with Crippen LogP contribution in [-0.2, 0) is 9.53 Å². The molecule has 0 atom stereocenters. The summed E-state index contributed by atoms with van der Waals surface area (Å²) < 4.78 is 15.9. The number of carbonyl (C=O) groups is 2. The predicted octanol–water partition coefficient (Wildman–Crippen LogP) is 3.98. The molecule has 0 unspecified atom stereocenters. The van der Waals surface area contributed by atoms with Crippen LogP contribution in [0.5, 0.6) is 11.5 Å². The first kappa shape index (κ1) is 21.7. The van der Waals surface area contributed by atoms with E-state index in [1.807, 2.05) is 42.5 Å². The maximum atomic E-state index is 12.2. The van der Waals surface area contributed by atoms with Crippen molar-refractivity contribution < 1.29 is 23.8 Å². The van der Waals surface area contributed by atoms with E-state index in [0.29, 0.717) is 30.2 Å². The number of methoxy groups -OCH3 is 1. The van der Waals surface area contributed by atoms with E-state index in [9.17, 15) is 9.59 Å². The van der Waals surface area contributed by atoms with E-state index in [0.717, 1.165) is 11.4 Å². The maximum absolute atomic E-state index is 12.2. The lowest BCUT2D eigenvalue weighted by atomic mass is 10.2. The minimum Gasteiger partial charge on any atom is -0.490 e. The van der Waals surface area contributed by atoms with Gasteiger partial charge in [0.15, 0.2) is 0 Å². The zero-order chi connectivity index (χ0) is 21.9. The summed E-state index contributed by atoms with van der Waals surface area (Å²) in [6.45, 7) is 0.877. The molecule has 0 aliphatic heterocycles. The molecule has 7 nitrogen and oxygen atoms in total. The van der Waals surface area contributed by atoms with E-state index >= 15 is 0 Å². The Morgan fingerprint density at radius 3 is 2.16 bits per heavy atom. The highest BCUT2D eigenvalue weighted by Crippen LogP contribution is 2.18. The summed E-state index contributed by atoms with van der Waals surface area (Å²) in [5.41, 5.74) is 1.80. The largest absolute Gasteiger partial charge is 0.490 e. The van der Waals surface area contributed by atoms with E-state index in [2.05, 4.69) is 15.4 Å². The number of nitrogens with one attached hydrogen (secondary N) is 2. The molecule has 3 aromatic carbocycles. The topological polar surface area (TPSA) is 85.9 Å². The molecule has 0 aliphatic rings. The van der Waals surface area contributed by atoms with Crippen molar-refractivity contribution in [1.29, 1.82) is 0 Å². The first-order valence-corrected chi connectivity index (χ1v) is 9.77. The molecule has 0 saturated heterocycles. The van der Waals surface area contributed by atoms with Gasteiger partial charge in [-0.25, -0.2) is 4.79 Å². The first-order chi connectivity index (χ1) is 15.1. The van der Waals surface area contributed by atoms with E-state index in [1.165, 1.54) is 7.11 Å². The molecule has 3 rings (SSSR count). The third-order valence-electron chi connectivity index (χ3n) is 4.24. The average molecular weight is 420 g/mol. The number of benzene rings is 3. The molecule has 7 heteroatoms. The van der Waals surface area contributed by atoms with E-state index in [-0.39, 0.29) is 12.5 Å². The van der Waals surface area contributed by atoms with Crippen LogP contribution in [0.2, 0.25) is 0 Å². The van der Waals surface area contributed by atoms with Gasteiger partial charge in [0.1, 0.15) is 24.7 Å². The summed E-state index contributed by atoms with van der Waals surface area (Å²) in [5.74, 6) is 0.819. The number of carbonyl (C=O) groups excluding carboxylic acids is 2. The molecule has 0 radical (unpaired) electrons. The highest BCUT2D eigenvalue weighted by molar-refractivity contribution is 5.94. The van der Waals surface area contributed by atoms with Crippen molar-refractivity contribution in [3.63, 3.8) is 0 Å². The van der Waals surface area contributed by atoms with Crippen LogP contribution in [0.1, 0.15) is 10.4 Å². The van der Waals surface area contributed by atoms with E-state index in [4.69, 9.17) is 9.47 Å². The van der Waals surface area contributed by atoms with Crippen molar-refractivity contribution in [3.8, 4) is 11.5 Å². The second-order valence-electron chi connectivity index (χ2n) is 6.51. The van der Waals surface area contributed by atoms with Gasteiger partial charge in [0.25, 0.3) is 0 Å². The molecule has 3 aromatic rings. The Morgan fingerprint density at radius 1 is 0.774 bits per heavy atom. The number of ether oxygens (including phenoxy) is 3. The van der Waals surface area contributed by atoms with E-state index in [1.54, 1.807) is 36.4 Å². The van der Waals surface area contributed by atoms with E-state index < -0.39 is 5.97 Å². The highest BCUT2D eigenvalue weighted by Gasteiger charge is 2.06. The molecule has 2 N–H and O–H groups in total. The SMILES string of the molecule is COC(=O)c1ccc(NCC(=O)Nc2cccc(OCCOc3ccccc3)c2)cc1. The van der Waals surface area contributed by atoms with Crippen LogP contribution in [0.15, 0.2) is 78.9 Å². The van der Waals surface area contributed by atoms with Gasteiger partial charge in [-0.3, -0.25) is 4.79 Å². The van der Waals surface area contributed by atoms with Gasteiger partial charge in [0.2, 0.25) is 5.91 Å². The van der Waals surface area contributed by atoms with Crippen LogP contribution in [0.4, 0.5) is 11.4 Å². The number of esters is 1. The number of para-hydroxylation sites is 1. The fourth-order valence-corrected chi connectivity index (χ4v) is 2.73. The van der Waals surface area contributed by atoms with Crippen molar-refractivity contribution in [1.82, 2.24) is 0 Å².